The normalized spacial score (nSPS) is 19.5. The van der Waals surface area contributed by atoms with Gasteiger partial charge in [0.2, 0.25) is 0 Å². The minimum atomic E-state index is -0.138. The van der Waals surface area contributed by atoms with Crippen molar-refractivity contribution in [3.8, 4) is 0 Å². The zero-order chi connectivity index (χ0) is 13.0. The van der Waals surface area contributed by atoms with Crippen LogP contribution >= 0.6 is 0 Å². The summed E-state index contributed by atoms with van der Waals surface area (Å²) in [5.74, 6) is 6.09. The van der Waals surface area contributed by atoms with Crippen molar-refractivity contribution in [1.82, 2.24) is 5.43 Å². The van der Waals surface area contributed by atoms with E-state index < -0.39 is 0 Å². The molecular weight excluding hydrogens is 227 g/mol. The number of nitrogens with one attached hydrogen (secondary N) is 1. The van der Waals surface area contributed by atoms with Crippen molar-refractivity contribution in [2.75, 3.05) is 0 Å². The summed E-state index contributed by atoms with van der Waals surface area (Å²) in [6, 6.07) is 5.54. The molecule has 0 aliphatic heterocycles. The lowest BCUT2D eigenvalue weighted by Gasteiger charge is -2.26. The molecular formula is C15H23FN2. The predicted octanol–water partition coefficient (Wildman–Crippen LogP) is 3.61. The summed E-state index contributed by atoms with van der Waals surface area (Å²) in [6.07, 6.45) is 7.52. The third kappa shape index (κ3) is 3.09. The smallest absolute Gasteiger partial charge is 0.126 e. The van der Waals surface area contributed by atoms with Crippen LogP contribution in [0.1, 0.15) is 55.7 Å². The number of rotatable bonds is 3. The molecule has 3 N–H and O–H groups in total. The quantitative estimate of drug-likeness (QED) is 0.488. The second-order valence-electron chi connectivity index (χ2n) is 5.40. The molecule has 1 aliphatic carbocycles. The van der Waals surface area contributed by atoms with Gasteiger partial charge >= 0.3 is 0 Å². The number of benzene rings is 1. The monoisotopic (exact) mass is 250 g/mol. The zero-order valence-corrected chi connectivity index (χ0v) is 11.1. The first-order chi connectivity index (χ1) is 8.72. The highest BCUT2D eigenvalue weighted by Gasteiger charge is 2.23. The Morgan fingerprint density at radius 1 is 1.22 bits per heavy atom. The van der Waals surface area contributed by atoms with Gasteiger partial charge in [-0.1, -0.05) is 37.8 Å². The van der Waals surface area contributed by atoms with Crippen molar-refractivity contribution in [1.29, 1.82) is 0 Å². The average Bonchev–Trinajstić information content (AvgIpc) is 2.64. The number of hydrazine groups is 1. The van der Waals surface area contributed by atoms with E-state index in [1.54, 1.807) is 13.0 Å². The van der Waals surface area contributed by atoms with E-state index in [2.05, 4.69) is 5.43 Å². The van der Waals surface area contributed by atoms with E-state index >= 15 is 0 Å². The number of nitrogens with two attached hydrogens (primary N) is 1. The van der Waals surface area contributed by atoms with Crippen LogP contribution in [0.5, 0.6) is 0 Å². The van der Waals surface area contributed by atoms with Crippen LogP contribution in [-0.4, -0.2) is 0 Å². The highest BCUT2D eigenvalue weighted by atomic mass is 19.1. The van der Waals surface area contributed by atoms with Crippen molar-refractivity contribution in [3.05, 3.63) is 35.1 Å². The lowest BCUT2D eigenvalue weighted by molar-refractivity contribution is 0.328. The van der Waals surface area contributed by atoms with Crippen LogP contribution in [0.25, 0.3) is 0 Å². The van der Waals surface area contributed by atoms with Crippen LogP contribution in [0, 0.1) is 18.7 Å². The molecule has 1 atom stereocenters. The van der Waals surface area contributed by atoms with Crippen molar-refractivity contribution >= 4 is 0 Å². The summed E-state index contributed by atoms with van der Waals surface area (Å²) in [6.45, 7) is 1.79. The van der Waals surface area contributed by atoms with E-state index in [9.17, 15) is 4.39 Å². The van der Waals surface area contributed by atoms with Crippen molar-refractivity contribution in [2.45, 2.75) is 51.5 Å². The molecule has 0 spiro atoms. The SMILES string of the molecule is Cc1ccc(C(NN)C2CCCCCC2)cc1F. The maximum Gasteiger partial charge on any atom is 0.126 e. The van der Waals surface area contributed by atoms with Gasteiger partial charge in [-0.2, -0.15) is 0 Å². The summed E-state index contributed by atoms with van der Waals surface area (Å²) < 4.78 is 13.7. The molecule has 0 aromatic heterocycles. The summed E-state index contributed by atoms with van der Waals surface area (Å²) in [7, 11) is 0. The van der Waals surface area contributed by atoms with Crippen LogP contribution in [0.15, 0.2) is 18.2 Å². The van der Waals surface area contributed by atoms with Crippen LogP contribution in [0.2, 0.25) is 0 Å². The topological polar surface area (TPSA) is 38.0 Å². The molecule has 1 unspecified atom stereocenters. The van der Waals surface area contributed by atoms with E-state index in [4.69, 9.17) is 5.84 Å². The Hall–Kier alpha value is -0.930. The lowest BCUT2D eigenvalue weighted by Crippen LogP contribution is -2.33. The standard InChI is InChI=1S/C15H23FN2/c1-11-8-9-13(10-14(11)16)15(18-17)12-6-4-2-3-5-7-12/h8-10,12,15,18H,2-7,17H2,1H3. The Bertz CT molecular complexity index is 384. The molecule has 18 heavy (non-hydrogen) atoms. The first kappa shape index (κ1) is 13.5. The van der Waals surface area contributed by atoms with Gasteiger partial charge in [-0.05, 0) is 42.9 Å². The van der Waals surface area contributed by atoms with Crippen molar-refractivity contribution in [2.24, 2.45) is 11.8 Å². The summed E-state index contributed by atoms with van der Waals surface area (Å²) >= 11 is 0. The summed E-state index contributed by atoms with van der Waals surface area (Å²) in [5.41, 5.74) is 4.57. The molecule has 3 heteroatoms. The number of hydrogen-bond donors (Lipinski definition) is 2. The molecule has 2 rings (SSSR count). The van der Waals surface area contributed by atoms with Crippen molar-refractivity contribution in [3.63, 3.8) is 0 Å². The van der Waals surface area contributed by atoms with E-state index in [0.717, 1.165) is 5.56 Å². The van der Waals surface area contributed by atoms with Crippen molar-refractivity contribution < 1.29 is 4.39 Å². The molecule has 0 amide bonds. The minimum Gasteiger partial charge on any atom is -0.271 e. The van der Waals surface area contributed by atoms with Crippen LogP contribution in [-0.2, 0) is 0 Å². The predicted molar refractivity (Wildman–Crippen MR) is 72.4 cm³/mol. The first-order valence-electron chi connectivity index (χ1n) is 6.94. The van der Waals surface area contributed by atoms with Crippen LogP contribution in [0.3, 0.4) is 0 Å². The summed E-state index contributed by atoms with van der Waals surface area (Å²) in [4.78, 5) is 0. The molecule has 1 aromatic carbocycles. The fourth-order valence-electron chi connectivity index (χ4n) is 2.95. The maximum atomic E-state index is 13.7. The highest BCUT2D eigenvalue weighted by Crippen LogP contribution is 2.33. The largest absolute Gasteiger partial charge is 0.271 e. The molecule has 1 saturated carbocycles. The molecule has 1 fully saturated rings. The second kappa shape index (κ2) is 6.30. The van der Waals surface area contributed by atoms with Crippen LogP contribution in [0.4, 0.5) is 4.39 Å². The van der Waals surface area contributed by atoms with E-state index in [0.29, 0.717) is 11.5 Å². The Morgan fingerprint density at radius 3 is 2.44 bits per heavy atom. The highest BCUT2D eigenvalue weighted by molar-refractivity contribution is 5.26. The Morgan fingerprint density at radius 2 is 1.89 bits per heavy atom. The fourth-order valence-corrected chi connectivity index (χ4v) is 2.95. The van der Waals surface area contributed by atoms with Gasteiger partial charge in [0.15, 0.2) is 0 Å². The molecule has 0 bridgehead atoms. The van der Waals surface area contributed by atoms with Gasteiger partial charge < -0.3 is 0 Å². The third-order valence-electron chi connectivity index (χ3n) is 4.11. The number of hydrogen-bond acceptors (Lipinski definition) is 2. The zero-order valence-electron chi connectivity index (χ0n) is 11.1. The molecule has 1 aliphatic rings. The van der Waals surface area contributed by atoms with E-state index in [1.165, 1.54) is 38.5 Å². The molecule has 100 valence electrons. The van der Waals surface area contributed by atoms with Gasteiger partial charge in [0, 0.05) is 6.04 Å². The molecule has 0 heterocycles. The molecule has 0 radical (unpaired) electrons. The fraction of sp³-hybridized carbons (Fsp3) is 0.600. The lowest BCUT2D eigenvalue weighted by atomic mass is 9.87. The number of aryl methyl sites for hydroxylation is 1. The van der Waals surface area contributed by atoms with Gasteiger partial charge in [-0.3, -0.25) is 11.3 Å². The molecule has 1 aromatic rings. The maximum absolute atomic E-state index is 13.7. The van der Waals surface area contributed by atoms with Gasteiger partial charge in [-0.25, -0.2) is 4.39 Å². The molecule has 0 saturated heterocycles. The second-order valence-corrected chi connectivity index (χ2v) is 5.40. The van der Waals surface area contributed by atoms with Gasteiger partial charge in [0.1, 0.15) is 5.82 Å². The average molecular weight is 250 g/mol. The Labute approximate surface area is 109 Å². The molecule has 2 nitrogen and oxygen atoms in total. The number of halogens is 1. The van der Waals surface area contributed by atoms with Crippen LogP contribution < -0.4 is 11.3 Å². The Balaban J connectivity index is 2.17. The van der Waals surface area contributed by atoms with Gasteiger partial charge in [0.05, 0.1) is 0 Å². The van der Waals surface area contributed by atoms with E-state index in [-0.39, 0.29) is 11.9 Å². The van der Waals surface area contributed by atoms with Gasteiger partial charge in [-0.15, -0.1) is 0 Å². The van der Waals surface area contributed by atoms with E-state index in [1.807, 2.05) is 12.1 Å². The Kier molecular flexibility index (Phi) is 4.72. The summed E-state index contributed by atoms with van der Waals surface area (Å²) in [5, 5.41) is 0. The minimum absolute atomic E-state index is 0.0817. The third-order valence-corrected chi connectivity index (χ3v) is 4.11. The van der Waals surface area contributed by atoms with Gasteiger partial charge in [0.25, 0.3) is 0 Å². The first-order valence-corrected chi connectivity index (χ1v) is 6.94.